The molecule has 0 saturated heterocycles. The Balaban J connectivity index is 1.79. The molecule has 1 aliphatic carbocycles. The van der Waals surface area contributed by atoms with Crippen LogP contribution >= 0.6 is 0 Å². The van der Waals surface area contributed by atoms with Gasteiger partial charge in [0.1, 0.15) is 0 Å². The molecule has 1 aromatic heterocycles. The minimum Gasteiger partial charge on any atom is -0.342 e. The highest BCUT2D eigenvalue weighted by Gasteiger charge is 2.29. The van der Waals surface area contributed by atoms with Crippen molar-refractivity contribution >= 4 is 5.91 Å². The van der Waals surface area contributed by atoms with Crippen LogP contribution in [0.15, 0.2) is 24.5 Å². The second-order valence-corrected chi connectivity index (χ2v) is 4.62. The number of rotatable bonds is 5. The van der Waals surface area contributed by atoms with Crippen molar-refractivity contribution in [2.75, 3.05) is 13.6 Å². The van der Waals surface area contributed by atoms with Gasteiger partial charge in [-0.15, -0.1) is 0 Å². The summed E-state index contributed by atoms with van der Waals surface area (Å²) in [6.07, 6.45) is 5.88. The van der Waals surface area contributed by atoms with Gasteiger partial charge in [0.05, 0.1) is 6.54 Å². The van der Waals surface area contributed by atoms with Gasteiger partial charge in [-0.3, -0.25) is 9.78 Å². The molecule has 4 heteroatoms. The minimum absolute atomic E-state index is 0.153. The van der Waals surface area contributed by atoms with Crippen molar-refractivity contribution in [1.29, 1.82) is 0 Å². The molecule has 1 unspecified atom stereocenters. The molecule has 0 bridgehead atoms. The summed E-state index contributed by atoms with van der Waals surface area (Å²) in [5, 5.41) is 3.23. The second kappa shape index (κ2) is 5.27. The first-order valence-electron chi connectivity index (χ1n) is 6.07. The van der Waals surface area contributed by atoms with Crippen LogP contribution in [0.4, 0.5) is 0 Å². The van der Waals surface area contributed by atoms with Crippen molar-refractivity contribution in [3.8, 4) is 0 Å². The fourth-order valence-corrected chi connectivity index (χ4v) is 1.78. The molecular formula is C13H19N3O. The van der Waals surface area contributed by atoms with Gasteiger partial charge in [0.25, 0.3) is 0 Å². The SMILES string of the molecule is CC(NCC(=O)N(C)C1CC1)c1cccnc1. The fourth-order valence-electron chi connectivity index (χ4n) is 1.78. The van der Waals surface area contributed by atoms with Crippen LogP contribution < -0.4 is 5.32 Å². The molecular weight excluding hydrogens is 214 g/mol. The second-order valence-electron chi connectivity index (χ2n) is 4.62. The average molecular weight is 233 g/mol. The van der Waals surface area contributed by atoms with Crippen LogP contribution in [-0.4, -0.2) is 35.4 Å². The van der Waals surface area contributed by atoms with E-state index in [4.69, 9.17) is 0 Å². The third kappa shape index (κ3) is 3.27. The largest absolute Gasteiger partial charge is 0.342 e. The molecule has 0 radical (unpaired) electrons. The lowest BCUT2D eigenvalue weighted by Crippen LogP contribution is -2.37. The van der Waals surface area contributed by atoms with E-state index in [2.05, 4.69) is 10.3 Å². The summed E-state index contributed by atoms with van der Waals surface area (Å²) >= 11 is 0. The number of amides is 1. The molecule has 1 amide bonds. The molecule has 92 valence electrons. The Morgan fingerprint density at radius 2 is 2.41 bits per heavy atom. The van der Waals surface area contributed by atoms with Gasteiger partial charge in [-0.2, -0.15) is 0 Å². The first-order valence-corrected chi connectivity index (χ1v) is 6.07. The van der Waals surface area contributed by atoms with Crippen molar-refractivity contribution < 1.29 is 4.79 Å². The zero-order valence-corrected chi connectivity index (χ0v) is 10.4. The maximum atomic E-state index is 11.8. The summed E-state index contributed by atoms with van der Waals surface area (Å²) < 4.78 is 0. The van der Waals surface area contributed by atoms with Gasteiger partial charge >= 0.3 is 0 Å². The van der Waals surface area contributed by atoms with Crippen LogP contribution in [0.3, 0.4) is 0 Å². The number of aromatic nitrogens is 1. The van der Waals surface area contributed by atoms with Crippen molar-refractivity contribution in [2.24, 2.45) is 0 Å². The number of pyridine rings is 1. The first-order chi connectivity index (χ1) is 8.18. The van der Waals surface area contributed by atoms with Crippen molar-refractivity contribution in [3.63, 3.8) is 0 Å². The van der Waals surface area contributed by atoms with Gasteiger partial charge in [0.15, 0.2) is 0 Å². The standard InChI is InChI=1S/C13H19N3O/c1-10(11-4-3-7-14-8-11)15-9-13(17)16(2)12-5-6-12/h3-4,7-8,10,12,15H,5-6,9H2,1-2H3. The molecule has 1 heterocycles. The van der Waals surface area contributed by atoms with E-state index in [1.54, 1.807) is 6.20 Å². The lowest BCUT2D eigenvalue weighted by atomic mass is 10.1. The molecule has 1 atom stereocenters. The summed E-state index contributed by atoms with van der Waals surface area (Å²) in [5.41, 5.74) is 1.11. The maximum absolute atomic E-state index is 11.8. The molecule has 17 heavy (non-hydrogen) atoms. The average Bonchev–Trinajstić information content (AvgIpc) is 3.20. The molecule has 1 fully saturated rings. The van der Waals surface area contributed by atoms with E-state index in [1.807, 2.05) is 37.2 Å². The Bertz CT molecular complexity index is 376. The third-order valence-corrected chi connectivity index (χ3v) is 3.23. The van der Waals surface area contributed by atoms with E-state index < -0.39 is 0 Å². The van der Waals surface area contributed by atoms with Crippen LogP contribution in [0.5, 0.6) is 0 Å². The van der Waals surface area contributed by atoms with Gasteiger partial charge < -0.3 is 10.2 Å². The van der Waals surface area contributed by atoms with Crippen LogP contribution in [0.25, 0.3) is 0 Å². The molecule has 4 nitrogen and oxygen atoms in total. The topological polar surface area (TPSA) is 45.2 Å². The molecule has 0 aromatic carbocycles. The first kappa shape index (κ1) is 12.0. The number of hydrogen-bond acceptors (Lipinski definition) is 3. The van der Waals surface area contributed by atoms with Gasteiger partial charge in [-0.1, -0.05) is 6.07 Å². The molecule has 0 aliphatic heterocycles. The van der Waals surface area contributed by atoms with E-state index in [-0.39, 0.29) is 11.9 Å². The van der Waals surface area contributed by atoms with Crippen LogP contribution in [0, 0.1) is 0 Å². The lowest BCUT2D eigenvalue weighted by molar-refractivity contribution is -0.129. The molecule has 1 aromatic rings. The highest BCUT2D eigenvalue weighted by Crippen LogP contribution is 2.25. The van der Waals surface area contributed by atoms with E-state index in [9.17, 15) is 4.79 Å². The number of likely N-dealkylation sites (N-methyl/N-ethyl adjacent to an activating group) is 1. The number of nitrogens with zero attached hydrogens (tertiary/aromatic N) is 2. The Labute approximate surface area is 102 Å². The number of carbonyl (C=O) groups excluding carboxylic acids is 1. The van der Waals surface area contributed by atoms with Crippen molar-refractivity contribution in [2.45, 2.75) is 31.8 Å². The van der Waals surface area contributed by atoms with Crippen LogP contribution in [0.2, 0.25) is 0 Å². The number of carbonyl (C=O) groups is 1. The molecule has 1 N–H and O–H groups in total. The van der Waals surface area contributed by atoms with E-state index in [0.717, 1.165) is 18.4 Å². The van der Waals surface area contributed by atoms with Crippen LogP contribution in [-0.2, 0) is 4.79 Å². The Kier molecular flexibility index (Phi) is 3.74. The molecule has 1 saturated carbocycles. The monoisotopic (exact) mass is 233 g/mol. The van der Waals surface area contributed by atoms with Crippen LogP contribution in [0.1, 0.15) is 31.4 Å². The maximum Gasteiger partial charge on any atom is 0.236 e. The molecule has 1 aliphatic rings. The van der Waals surface area contributed by atoms with E-state index >= 15 is 0 Å². The van der Waals surface area contributed by atoms with Gasteiger partial charge in [-0.25, -0.2) is 0 Å². The number of hydrogen-bond donors (Lipinski definition) is 1. The zero-order valence-electron chi connectivity index (χ0n) is 10.4. The van der Waals surface area contributed by atoms with Crippen molar-refractivity contribution in [3.05, 3.63) is 30.1 Å². The smallest absolute Gasteiger partial charge is 0.236 e. The third-order valence-electron chi connectivity index (χ3n) is 3.23. The summed E-state index contributed by atoms with van der Waals surface area (Å²) in [4.78, 5) is 17.7. The van der Waals surface area contributed by atoms with E-state index in [1.165, 1.54) is 0 Å². The highest BCUT2D eigenvalue weighted by atomic mass is 16.2. The summed E-state index contributed by atoms with van der Waals surface area (Å²) in [7, 11) is 1.89. The Hall–Kier alpha value is -1.42. The summed E-state index contributed by atoms with van der Waals surface area (Å²) in [6.45, 7) is 2.43. The highest BCUT2D eigenvalue weighted by molar-refractivity contribution is 5.78. The zero-order chi connectivity index (χ0) is 12.3. The number of nitrogens with one attached hydrogen (secondary N) is 1. The predicted molar refractivity (Wildman–Crippen MR) is 66.4 cm³/mol. The fraction of sp³-hybridized carbons (Fsp3) is 0.538. The molecule has 2 rings (SSSR count). The Morgan fingerprint density at radius 3 is 3.00 bits per heavy atom. The minimum atomic E-state index is 0.153. The Morgan fingerprint density at radius 1 is 1.65 bits per heavy atom. The molecule has 0 spiro atoms. The lowest BCUT2D eigenvalue weighted by Gasteiger charge is -2.19. The van der Waals surface area contributed by atoms with Gasteiger partial charge in [-0.05, 0) is 31.4 Å². The quantitative estimate of drug-likeness (QED) is 0.835. The van der Waals surface area contributed by atoms with Gasteiger partial charge in [0, 0.05) is 31.5 Å². The summed E-state index contributed by atoms with van der Waals surface area (Å²) in [5.74, 6) is 0.170. The van der Waals surface area contributed by atoms with Crippen molar-refractivity contribution in [1.82, 2.24) is 15.2 Å². The van der Waals surface area contributed by atoms with Gasteiger partial charge in [0.2, 0.25) is 5.91 Å². The summed E-state index contributed by atoms with van der Waals surface area (Å²) in [6, 6.07) is 4.56. The predicted octanol–water partition coefficient (Wildman–Crippen LogP) is 1.35. The van der Waals surface area contributed by atoms with E-state index in [0.29, 0.717) is 12.6 Å². The normalized spacial score (nSPS) is 16.6.